The van der Waals surface area contributed by atoms with Crippen molar-refractivity contribution in [3.8, 4) is 0 Å². The van der Waals surface area contributed by atoms with Gasteiger partial charge in [-0.05, 0) is 13.3 Å². The summed E-state index contributed by atoms with van der Waals surface area (Å²) < 4.78 is 9.07. The highest BCUT2D eigenvalue weighted by Gasteiger charge is 2.07. The first-order valence-corrected chi connectivity index (χ1v) is 6.46. The van der Waals surface area contributed by atoms with E-state index < -0.39 is 0 Å². The van der Waals surface area contributed by atoms with Gasteiger partial charge in [0, 0.05) is 23.6 Å². The smallest absolute Gasteiger partial charge is 0.305 e. The van der Waals surface area contributed by atoms with Gasteiger partial charge < -0.3 is 9.47 Å². The van der Waals surface area contributed by atoms with Crippen molar-refractivity contribution in [3.63, 3.8) is 0 Å². The summed E-state index contributed by atoms with van der Waals surface area (Å²) in [6.07, 6.45) is 1.05. The molecule has 0 bridgehead atoms. The molecule has 0 saturated heterocycles. The number of carbonyl (C=O) groups excluding carboxylic acids is 2. The lowest BCUT2D eigenvalue weighted by atomic mass is 10.2. The lowest BCUT2D eigenvalue weighted by Gasteiger charge is -2.00. The molecule has 0 aliphatic rings. The molecule has 0 N–H and O–H groups in total. The first-order chi connectivity index (χ1) is 9.60. The van der Waals surface area contributed by atoms with Gasteiger partial charge >= 0.3 is 11.9 Å². The zero-order chi connectivity index (χ0) is 15.0. The number of rotatable bonds is 5. The van der Waals surface area contributed by atoms with E-state index in [4.69, 9.17) is 0 Å². The fourth-order valence-electron chi connectivity index (χ4n) is 1.55. The Morgan fingerprint density at radius 2 is 1.60 bits per heavy atom. The second-order valence-corrected chi connectivity index (χ2v) is 4.11. The Morgan fingerprint density at radius 1 is 1.05 bits per heavy atom. The zero-order valence-corrected chi connectivity index (χ0v) is 11.7. The van der Waals surface area contributed by atoms with Crippen LogP contribution in [0.1, 0.15) is 26.2 Å². The van der Waals surface area contributed by atoms with Gasteiger partial charge in [-0.1, -0.05) is 24.3 Å². The van der Waals surface area contributed by atoms with Crippen molar-refractivity contribution < 1.29 is 19.1 Å². The minimum absolute atomic E-state index is 0.218. The average molecular weight is 278 g/mol. The van der Waals surface area contributed by atoms with E-state index >= 15 is 0 Å². The van der Waals surface area contributed by atoms with Crippen molar-refractivity contribution in [1.29, 1.82) is 0 Å². The third kappa shape index (κ3) is 5.22. The molecule has 2 aromatic rings. The summed E-state index contributed by atoms with van der Waals surface area (Å²) in [6.45, 7) is 2.13. The highest BCUT2D eigenvalue weighted by atomic mass is 16.5. The van der Waals surface area contributed by atoms with E-state index in [-0.39, 0.29) is 30.2 Å². The zero-order valence-electron chi connectivity index (χ0n) is 11.7. The van der Waals surface area contributed by atoms with E-state index in [0.717, 1.165) is 10.8 Å². The summed E-state index contributed by atoms with van der Waals surface area (Å²) in [4.78, 5) is 31.9. The standard InChI is InChI=1S/C8H14O4.C7H4O/c1-3-12-8(10)6-4-5-7(9)11-2;8-7-5-3-1-2-4-6(5)7/h3-6H2,1-2H3;1-4H. The maximum Gasteiger partial charge on any atom is 0.305 e. The predicted octanol–water partition coefficient (Wildman–Crippen LogP) is 1.97. The van der Waals surface area contributed by atoms with Crippen LogP contribution in [0.4, 0.5) is 0 Å². The molecule has 20 heavy (non-hydrogen) atoms. The van der Waals surface area contributed by atoms with E-state index in [2.05, 4.69) is 9.47 Å². The van der Waals surface area contributed by atoms with Crippen molar-refractivity contribution in [2.75, 3.05) is 13.7 Å². The van der Waals surface area contributed by atoms with Gasteiger partial charge in [-0.15, -0.1) is 0 Å². The molecule has 2 rings (SSSR count). The highest BCUT2D eigenvalue weighted by Crippen LogP contribution is 2.11. The molecular weight excluding hydrogens is 260 g/mol. The first kappa shape index (κ1) is 15.9. The lowest BCUT2D eigenvalue weighted by Crippen LogP contribution is -2.06. The number of methoxy groups -OCH3 is 1. The molecule has 0 aromatic heterocycles. The molecule has 108 valence electrons. The van der Waals surface area contributed by atoms with Gasteiger partial charge in [0.15, 0.2) is 5.43 Å². The van der Waals surface area contributed by atoms with Gasteiger partial charge in [-0.25, -0.2) is 0 Å². The van der Waals surface area contributed by atoms with Crippen molar-refractivity contribution in [2.24, 2.45) is 0 Å². The quantitative estimate of drug-likeness (QED) is 0.782. The number of benzene rings is 1. The van der Waals surface area contributed by atoms with Crippen LogP contribution in [0.2, 0.25) is 0 Å². The molecule has 0 radical (unpaired) electrons. The Hall–Kier alpha value is -2.17. The third-order valence-electron chi connectivity index (χ3n) is 2.65. The summed E-state index contributed by atoms with van der Waals surface area (Å²) in [7, 11) is 1.33. The lowest BCUT2D eigenvalue weighted by molar-refractivity contribution is -0.144. The van der Waals surface area contributed by atoms with E-state index in [9.17, 15) is 14.4 Å². The first-order valence-electron chi connectivity index (χ1n) is 6.46. The number of carbonyl (C=O) groups is 2. The molecule has 0 saturated carbocycles. The fourth-order valence-corrected chi connectivity index (χ4v) is 1.55. The summed E-state index contributed by atoms with van der Waals surface area (Å²) in [5.74, 6) is -0.555. The number of fused-ring (bicyclic) bond motifs is 1. The Bertz CT molecular complexity index is 547. The Morgan fingerprint density at radius 3 is 2.05 bits per heavy atom. The maximum atomic E-state index is 10.7. The molecule has 0 fully saturated rings. The van der Waals surface area contributed by atoms with E-state index in [1.165, 1.54) is 7.11 Å². The van der Waals surface area contributed by atoms with Crippen molar-refractivity contribution in [1.82, 2.24) is 0 Å². The third-order valence-corrected chi connectivity index (χ3v) is 2.65. The summed E-state index contributed by atoms with van der Waals surface area (Å²) in [5.41, 5.74) is 0.218. The van der Waals surface area contributed by atoms with E-state index in [0.29, 0.717) is 13.0 Å². The minimum Gasteiger partial charge on any atom is -0.469 e. The second kappa shape index (κ2) is 8.09. The van der Waals surface area contributed by atoms with Crippen LogP contribution in [0.3, 0.4) is 0 Å². The SMILES string of the molecule is CCOC(=O)CCCC(=O)OC.O=c1c2ccccc12. The molecule has 5 heteroatoms. The summed E-state index contributed by atoms with van der Waals surface area (Å²) in [5, 5.41) is 1.79. The molecule has 0 atom stereocenters. The van der Waals surface area contributed by atoms with Crippen LogP contribution in [-0.4, -0.2) is 25.7 Å². The Kier molecular flexibility index (Phi) is 6.43. The minimum atomic E-state index is -0.292. The van der Waals surface area contributed by atoms with Crippen LogP contribution in [0.5, 0.6) is 0 Å². The van der Waals surface area contributed by atoms with E-state index in [1.54, 1.807) is 6.92 Å². The van der Waals surface area contributed by atoms with Crippen LogP contribution in [0, 0.1) is 0 Å². The predicted molar refractivity (Wildman–Crippen MR) is 75.1 cm³/mol. The van der Waals surface area contributed by atoms with Crippen LogP contribution in [0.25, 0.3) is 10.8 Å². The monoisotopic (exact) mass is 278 g/mol. The second-order valence-electron chi connectivity index (χ2n) is 4.11. The van der Waals surface area contributed by atoms with Crippen LogP contribution < -0.4 is 5.43 Å². The number of hydrogen-bond acceptors (Lipinski definition) is 5. The molecule has 0 amide bonds. The van der Waals surface area contributed by atoms with Gasteiger partial charge in [0.05, 0.1) is 13.7 Å². The van der Waals surface area contributed by atoms with Gasteiger partial charge in [0.2, 0.25) is 0 Å². The average Bonchev–Trinajstić information content (AvgIpc) is 3.11. The van der Waals surface area contributed by atoms with Crippen molar-refractivity contribution in [3.05, 3.63) is 34.5 Å². The van der Waals surface area contributed by atoms with Crippen LogP contribution >= 0.6 is 0 Å². The number of esters is 2. The highest BCUT2D eigenvalue weighted by molar-refractivity contribution is 5.97. The largest absolute Gasteiger partial charge is 0.469 e. The van der Waals surface area contributed by atoms with Crippen molar-refractivity contribution in [2.45, 2.75) is 26.2 Å². The number of ether oxygens (including phenoxy) is 2. The fraction of sp³-hybridized carbons (Fsp3) is 0.400. The molecule has 0 unspecified atom stereocenters. The Balaban J connectivity index is 0.000000212. The topological polar surface area (TPSA) is 69.7 Å². The summed E-state index contributed by atoms with van der Waals surface area (Å²) in [6, 6.07) is 7.45. The van der Waals surface area contributed by atoms with Gasteiger partial charge in [-0.2, -0.15) is 0 Å². The molecule has 2 aromatic carbocycles. The van der Waals surface area contributed by atoms with Crippen molar-refractivity contribution >= 4 is 22.7 Å². The molecule has 0 spiro atoms. The summed E-state index contributed by atoms with van der Waals surface area (Å²) >= 11 is 0. The molecule has 0 heterocycles. The Labute approximate surface area is 117 Å². The van der Waals surface area contributed by atoms with Gasteiger partial charge in [0.25, 0.3) is 0 Å². The molecule has 5 nitrogen and oxygen atoms in total. The van der Waals surface area contributed by atoms with Crippen LogP contribution in [-0.2, 0) is 19.1 Å². The molecule has 0 aliphatic carbocycles. The molecule has 0 aliphatic heterocycles. The molecular formula is C15H18O5. The maximum absolute atomic E-state index is 10.7. The van der Waals surface area contributed by atoms with Gasteiger partial charge in [0.1, 0.15) is 0 Å². The van der Waals surface area contributed by atoms with E-state index in [1.807, 2.05) is 24.3 Å². The number of hydrogen-bond donors (Lipinski definition) is 0. The van der Waals surface area contributed by atoms with Crippen LogP contribution in [0.15, 0.2) is 29.1 Å². The van der Waals surface area contributed by atoms with Gasteiger partial charge in [-0.3, -0.25) is 14.4 Å². The normalized spacial score (nSPS) is 9.90.